The normalized spacial score (nSPS) is 15.5. The molecule has 0 saturated carbocycles. The second kappa shape index (κ2) is 11.3. The van der Waals surface area contributed by atoms with Gasteiger partial charge in [-0.1, -0.05) is 18.2 Å². The number of hydrogen-bond donors (Lipinski definition) is 0. The van der Waals surface area contributed by atoms with Crippen LogP contribution in [0.1, 0.15) is 23.6 Å². The number of likely N-dealkylation sites (N-methyl/N-ethyl adjacent to an activating group) is 1. The van der Waals surface area contributed by atoms with Gasteiger partial charge in [0.2, 0.25) is 0 Å². The molecule has 1 amide bonds. The molecule has 0 fully saturated rings. The van der Waals surface area contributed by atoms with Crippen LogP contribution in [-0.2, 0) is 0 Å². The zero-order valence-electron chi connectivity index (χ0n) is 17.8. The fourth-order valence-electron chi connectivity index (χ4n) is 3.30. The minimum Gasteiger partial charge on any atom is -0.494 e. The summed E-state index contributed by atoms with van der Waals surface area (Å²) < 4.78 is 11.4. The van der Waals surface area contributed by atoms with E-state index in [9.17, 15) is 4.79 Å². The molecular formula is C23H29ClN2O3S. The lowest BCUT2D eigenvalue weighted by Crippen LogP contribution is -2.26. The number of carbonyl (C=O) groups is 1. The molecule has 1 aliphatic rings. The fourth-order valence-corrected chi connectivity index (χ4v) is 3.71. The Morgan fingerprint density at radius 1 is 1.17 bits per heavy atom. The first-order valence-corrected chi connectivity index (χ1v) is 10.9. The largest absolute Gasteiger partial charge is 0.494 e. The molecule has 0 N–H and O–H groups in total. The Bertz CT molecular complexity index is 871. The number of benzene rings is 2. The van der Waals surface area contributed by atoms with E-state index >= 15 is 0 Å². The Morgan fingerprint density at radius 2 is 1.87 bits per heavy atom. The van der Waals surface area contributed by atoms with E-state index < -0.39 is 0 Å². The molecule has 30 heavy (non-hydrogen) atoms. The monoisotopic (exact) mass is 448 g/mol. The number of fused-ring (bicyclic) bond motifs is 1. The van der Waals surface area contributed by atoms with Crippen LogP contribution in [0.5, 0.6) is 11.5 Å². The number of amides is 1. The third-order valence-corrected chi connectivity index (χ3v) is 5.67. The quantitative estimate of drug-likeness (QED) is 0.556. The summed E-state index contributed by atoms with van der Waals surface area (Å²) in [7, 11) is 5.47. The summed E-state index contributed by atoms with van der Waals surface area (Å²) in [4.78, 5) is 16.8. The van der Waals surface area contributed by atoms with Gasteiger partial charge in [-0.3, -0.25) is 4.90 Å². The Labute approximate surface area is 189 Å². The average molecular weight is 449 g/mol. The summed E-state index contributed by atoms with van der Waals surface area (Å²) >= 11 is 1.72. The molecule has 162 valence electrons. The van der Waals surface area contributed by atoms with Crippen molar-refractivity contribution in [3.8, 4) is 11.5 Å². The SMILES string of the molecule is CSc1ccc(OCC[C@H]2c3ccc(OC(=O)N(C)C)cc3C=CCN2C)cc1.Cl. The van der Waals surface area contributed by atoms with Crippen LogP contribution in [0, 0.1) is 0 Å². The Balaban J connectivity index is 0.00000320. The predicted octanol–water partition coefficient (Wildman–Crippen LogP) is 5.36. The van der Waals surface area contributed by atoms with Crippen molar-refractivity contribution in [1.82, 2.24) is 9.80 Å². The molecule has 5 nitrogen and oxygen atoms in total. The molecule has 0 bridgehead atoms. The van der Waals surface area contributed by atoms with Gasteiger partial charge in [-0.05, 0) is 60.8 Å². The first-order chi connectivity index (χ1) is 14.0. The molecule has 0 spiro atoms. The highest BCUT2D eigenvalue weighted by atomic mass is 35.5. The minimum atomic E-state index is -0.378. The van der Waals surface area contributed by atoms with Crippen molar-refractivity contribution in [3.63, 3.8) is 0 Å². The first kappa shape index (κ1) is 24.1. The lowest BCUT2D eigenvalue weighted by Gasteiger charge is -2.27. The van der Waals surface area contributed by atoms with Crippen molar-refractivity contribution in [2.75, 3.05) is 40.6 Å². The standard InChI is InChI=1S/C23H28N2O3S.ClH/c1-24(2)23(26)28-19-9-12-21-17(16-19)6-5-14-25(3)22(21)13-15-27-18-7-10-20(29-4)11-8-18;/h5-12,16,22H,13-15H2,1-4H3;1H/t22-;/m0./s1. The van der Waals surface area contributed by atoms with Gasteiger partial charge in [-0.15, -0.1) is 24.2 Å². The number of hydrogen-bond acceptors (Lipinski definition) is 5. The van der Waals surface area contributed by atoms with E-state index in [-0.39, 0.29) is 24.5 Å². The third kappa shape index (κ3) is 6.17. The highest BCUT2D eigenvalue weighted by Gasteiger charge is 2.22. The summed E-state index contributed by atoms with van der Waals surface area (Å²) in [6.07, 6.45) is 6.79. The number of carbonyl (C=O) groups excluding carboxylic acids is 1. The summed E-state index contributed by atoms with van der Waals surface area (Å²) in [5.74, 6) is 1.45. The number of halogens is 1. The third-order valence-electron chi connectivity index (χ3n) is 4.93. The van der Waals surface area contributed by atoms with Crippen molar-refractivity contribution < 1.29 is 14.3 Å². The second-order valence-corrected chi connectivity index (χ2v) is 8.10. The minimum absolute atomic E-state index is 0. The molecule has 0 saturated heterocycles. The van der Waals surface area contributed by atoms with Gasteiger partial charge in [0.25, 0.3) is 0 Å². The molecule has 0 radical (unpaired) electrons. The maximum Gasteiger partial charge on any atom is 0.414 e. The van der Waals surface area contributed by atoms with Crippen molar-refractivity contribution >= 4 is 36.3 Å². The van der Waals surface area contributed by atoms with Gasteiger partial charge in [-0.25, -0.2) is 4.79 Å². The van der Waals surface area contributed by atoms with Crippen LogP contribution in [0.2, 0.25) is 0 Å². The van der Waals surface area contributed by atoms with Crippen molar-refractivity contribution in [2.24, 2.45) is 0 Å². The lowest BCUT2D eigenvalue weighted by atomic mass is 9.97. The summed E-state index contributed by atoms with van der Waals surface area (Å²) in [5.41, 5.74) is 2.29. The molecule has 2 aromatic carbocycles. The van der Waals surface area contributed by atoms with E-state index in [1.165, 1.54) is 15.4 Å². The van der Waals surface area contributed by atoms with Crippen LogP contribution in [0.15, 0.2) is 53.4 Å². The van der Waals surface area contributed by atoms with E-state index in [1.54, 1.807) is 25.9 Å². The Morgan fingerprint density at radius 3 is 2.53 bits per heavy atom. The highest BCUT2D eigenvalue weighted by molar-refractivity contribution is 7.98. The second-order valence-electron chi connectivity index (χ2n) is 7.22. The average Bonchev–Trinajstić information content (AvgIpc) is 2.87. The Hall–Kier alpha value is -2.15. The van der Waals surface area contributed by atoms with Crippen LogP contribution in [0.4, 0.5) is 4.79 Å². The number of rotatable bonds is 6. The van der Waals surface area contributed by atoms with Gasteiger partial charge in [0, 0.05) is 38.0 Å². The van der Waals surface area contributed by atoms with Gasteiger partial charge in [0.15, 0.2) is 0 Å². The zero-order valence-corrected chi connectivity index (χ0v) is 19.5. The fraction of sp³-hybridized carbons (Fsp3) is 0.348. The van der Waals surface area contributed by atoms with E-state index in [4.69, 9.17) is 9.47 Å². The van der Waals surface area contributed by atoms with Crippen LogP contribution in [0.3, 0.4) is 0 Å². The number of nitrogens with zero attached hydrogens (tertiary/aromatic N) is 2. The van der Waals surface area contributed by atoms with Gasteiger partial charge in [0.05, 0.1) is 6.61 Å². The lowest BCUT2D eigenvalue weighted by molar-refractivity contribution is 0.172. The van der Waals surface area contributed by atoms with E-state index in [1.807, 2.05) is 24.3 Å². The maximum absolute atomic E-state index is 11.8. The topological polar surface area (TPSA) is 42.0 Å². The van der Waals surface area contributed by atoms with Crippen LogP contribution in [-0.4, -0.2) is 56.4 Å². The molecule has 0 aliphatic carbocycles. The predicted molar refractivity (Wildman–Crippen MR) is 126 cm³/mol. The summed E-state index contributed by atoms with van der Waals surface area (Å²) in [5, 5.41) is 0. The molecule has 7 heteroatoms. The molecule has 0 unspecified atom stereocenters. The van der Waals surface area contributed by atoms with Crippen LogP contribution in [0.25, 0.3) is 6.08 Å². The van der Waals surface area contributed by atoms with Gasteiger partial charge in [0.1, 0.15) is 11.5 Å². The molecule has 2 aromatic rings. The van der Waals surface area contributed by atoms with Crippen LogP contribution >= 0.6 is 24.2 Å². The number of thioether (sulfide) groups is 1. The number of ether oxygens (including phenoxy) is 2. The van der Waals surface area contributed by atoms with Crippen molar-refractivity contribution in [2.45, 2.75) is 17.4 Å². The molecule has 1 atom stereocenters. The highest BCUT2D eigenvalue weighted by Crippen LogP contribution is 2.32. The molecule has 1 heterocycles. The molecule has 0 aromatic heterocycles. The van der Waals surface area contributed by atoms with Gasteiger partial charge >= 0.3 is 6.09 Å². The van der Waals surface area contributed by atoms with Crippen LogP contribution < -0.4 is 9.47 Å². The summed E-state index contributed by atoms with van der Waals surface area (Å²) in [6, 6.07) is 14.3. The van der Waals surface area contributed by atoms with Crippen molar-refractivity contribution in [3.05, 3.63) is 59.7 Å². The molecular weight excluding hydrogens is 420 g/mol. The Kier molecular flexibility index (Phi) is 9.08. The zero-order chi connectivity index (χ0) is 20.8. The maximum atomic E-state index is 11.8. The van der Waals surface area contributed by atoms with E-state index in [0.29, 0.717) is 12.4 Å². The molecule has 1 aliphatic heterocycles. The van der Waals surface area contributed by atoms with Gasteiger partial charge < -0.3 is 14.4 Å². The van der Waals surface area contributed by atoms with Crippen molar-refractivity contribution in [1.29, 1.82) is 0 Å². The summed E-state index contributed by atoms with van der Waals surface area (Å²) in [6.45, 7) is 1.49. The molecule has 3 rings (SSSR count). The van der Waals surface area contributed by atoms with Gasteiger partial charge in [-0.2, -0.15) is 0 Å². The van der Waals surface area contributed by atoms with E-state index in [2.05, 4.69) is 48.6 Å². The van der Waals surface area contributed by atoms with E-state index in [0.717, 1.165) is 24.3 Å². The first-order valence-electron chi connectivity index (χ1n) is 9.64. The smallest absolute Gasteiger partial charge is 0.414 e.